The van der Waals surface area contributed by atoms with Gasteiger partial charge in [0.1, 0.15) is 0 Å². The monoisotopic (exact) mass is 415 g/mol. The first-order chi connectivity index (χ1) is 12.2. The predicted molar refractivity (Wildman–Crippen MR) is 113 cm³/mol. The molecule has 2 atom stereocenters. The van der Waals surface area contributed by atoms with E-state index in [1.807, 2.05) is 12.1 Å². The Labute approximate surface area is 174 Å². The molecule has 2 aliphatic carbocycles. The Balaban J connectivity index is 0.00000131. The summed E-state index contributed by atoms with van der Waals surface area (Å²) in [5.41, 5.74) is 8.11. The molecule has 27 heavy (non-hydrogen) atoms. The van der Waals surface area contributed by atoms with Crippen molar-refractivity contribution >= 4 is 36.4 Å². The Bertz CT molecular complexity index is 594. The van der Waals surface area contributed by atoms with Crippen LogP contribution < -0.4 is 16.0 Å². The lowest BCUT2D eigenvalue weighted by molar-refractivity contribution is 0.0756. The standard InChI is InChI=1S/C20H29N3O2.2ClH/c21-17-12-15-2-1-3-16(13-17)19(15)22-20(24)14-4-6-18(7-5-14)23-8-10-25-11-9-23;;/h4-7,15-17,19H,1-3,8-13,21H2,(H,22,24);2*1H. The summed E-state index contributed by atoms with van der Waals surface area (Å²) in [6, 6.07) is 8.63. The number of carbonyl (C=O) groups excluding carboxylic acids is 1. The summed E-state index contributed by atoms with van der Waals surface area (Å²) in [5.74, 6) is 1.17. The zero-order chi connectivity index (χ0) is 17.2. The van der Waals surface area contributed by atoms with Crippen LogP contribution in [0.4, 0.5) is 5.69 Å². The molecule has 2 bridgehead atoms. The van der Waals surface area contributed by atoms with Crippen molar-refractivity contribution < 1.29 is 9.53 Å². The highest BCUT2D eigenvalue weighted by Gasteiger charge is 2.39. The predicted octanol–water partition coefficient (Wildman–Crippen LogP) is 3.00. The van der Waals surface area contributed by atoms with Crippen LogP contribution in [0.5, 0.6) is 0 Å². The molecule has 3 N–H and O–H groups in total. The van der Waals surface area contributed by atoms with Gasteiger partial charge in [-0.1, -0.05) is 6.42 Å². The Hall–Kier alpha value is -1.01. The first-order valence-electron chi connectivity index (χ1n) is 9.70. The minimum absolute atomic E-state index is 0. The molecule has 1 heterocycles. The number of halogens is 2. The van der Waals surface area contributed by atoms with Crippen molar-refractivity contribution in [3.8, 4) is 0 Å². The van der Waals surface area contributed by atoms with Gasteiger partial charge in [0.25, 0.3) is 5.91 Å². The number of ether oxygens (including phenoxy) is 1. The van der Waals surface area contributed by atoms with E-state index in [0.717, 1.165) is 44.7 Å². The molecule has 1 saturated heterocycles. The maximum absolute atomic E-state index is 12.7. The van der Waals surface area contributed by atoms with Crippen LogP contribution in [-0.4, -0.2) is 44.3 Å². The van der Waals surface area contributed by atoms with Crippen molar-refractivity contribution in [3.63, 3.8) is 0 Å². The van der Waals surface area contributed by atoms with Gasteiger partial charge in [-0.15, -0.1) is 24.8 Å². The lowest BCUT2D eigenvalue weighted by atomic mass is 9.67. The van der Waals surface area contributed by atoms with E-state index in [1.165, 1.54) is 24.9 Å². The van der Waals surface area contributed by atoms with Crippen molar-refractivity contribution in [2.24, 2.45) is 17.6 Å². The van der Waals surface area contributed by atoms with E-state index in [9.17, 15) is 4.79 Å². The van der Waals surface area contributed by atoms with Gasteiger partial charge in [-0.3, -0.25) is 4.79 Å². The molecule has 4 rings (SSSR count). The van der Waals surface area contributed by atoms with Crippen LogP contribution in [0.2, 0.25) is 0 Å². The van der Waals surface area contributed by atoms with E-state index in [4.69, 9.17) is 10.5 Å². The number of morpholine rings is 1. The molecule has 152 valence electrons. The molecular formula is C20H31Cl2N3O2. The first-order valence-corrected chi connectivity index (χ1v) is 9.70. The molecule has 1 amide bonds. The Morgan fingerprint density at radius 2 is 1.63 bits per heavy atom. The Morgan fingerprint density at radius 3 is 2.22 bits per heavy atom. The number of nitrogens with two attached hydrogens (primary N) is 1. The number of anilines is 1. The molecule has 1 aliphatic heterocycles. The average Bonchev–Trinajstić information content (AvgIpc) is 2.63. The van der Waals surface area contributed by atoms with Gasteiger partial charge in [0.05, 0.1) is 13.2 Å². The third kappa shape index (κ3) is 5.08. The van der Waals surface area contributed by atoms with E-state index in [0.29, 0.717) is 23.9 Å². The minimum Gasteiger partial charge on any atom is -0.378 e. The number of benzene rings is 1. The number of rotatable bonds is 3. The Kier molecular flexibility index (Phi) is 8.22. The highest BCUT2D eigenvalue weighted by molar-refractivity contribution is 5.94. The largest absolute Gasteiger partial charge is 0.378 e. The summed E-state index contributed by atoms with van der Waals surface area (Å²) in [6.07, 6.45) is 5.79. The Morgan fingerprint density at radius 1 is 1.04 bits per heavy atom. The number of amides is 1. The number of nitrogens with one attached hydrogen (secondary N) is 1. The van der Waals surface area contributed by atoms with E-state index in [-0.39, 0.29) is 30.7 Å². The number of fused-ring (bicyclic) bond motifs is 2. The molecule has 1 aromatic carbocycles. The second-order valence-electron chi connectivity index (χ2n) is 7.83. The zero-order valence-corrected chi connectivity index (χ0v) is 17.3. The second-order valence-corrected chi connectivity index (χ2v) is 7.83. The van der Waals surface area contributed by atoms with Crippen LogP contribution in [0.15, 0.2) is 24.3 Å². The molecule has 0 aromatic heterocycles. The summed E-state index contributed by atoms with van der Waals surface area (Å²) in [6.45, 7) is 3.37. The number of hydrogen-bond donors (Lipinski definition) is 2. The molecule has 0 radical (unpaired) electrons. The van der Waals surface area contributed by atoms with Crippen LogP contribution in [-0.2, 0) is 4.74 Å². The fourth-order valence-electron chi connectivity index (χ4n) is 4.90. The van der Waals surface area contributed by atoms with Gasteiger partial charge in [0.15, 0.2) is 0 Å². The quantitative estimate of drug-likeness (QED) is 0.795. The smallest absolute Gasteiger partial charge is 0.251 e. The summed E-state index contributed by atoms with van der Waals surface area (Å²) < 4.78 is 5.40. The van der Waals surface area contributed by atoms with Crippen LogP contribution in [0.25, 0.3) is 0 Å². The molecule has 1 aromatic rings. The van der Waals surface area contributed by atoms with Gasteiger partial charge in [0, 0.05) is 36.4 Å². The van der Waals surface area contributed by atoms with Gasteiger partial charge in [-0.2, -0.15) is 0 Å². The normalized spacial score (nSPS) is 29.9. The molecule has 7 heteroatoms. The summed E-state index contributed by atoms with van der Waals surface area (Å²) in [7, 11) is 0. The molecule has 3 fully saturated rings. The molecular weight excluding hydrogens is 385 g/mol. The number of carbonyl (C=O) groups is 1. The fraction of sp³-hybridized carbons (Fsp3) is 0.650. The first kappa shape index (κ1) is 22.3. The third-order valence-corrected chi connectivity index (χ3v) is 6.18. The fourth-order valence-corrected chi connectivity index (χ4v) is 4.90. The highest BCUT2D eigenvalue weighted by atomic mass is 35.5. The van der Waals surface area contributed by atoms with Crippen LogP contribution in [0.1, 0.15) is 42.5 Å². The maximum Gasteiger partial charge on any atom is 0.251 e. The van der Waals surface area contributed by atoms with Crippen molar-refractivity contribution in [2.75, 3.05) is 31.2 Å². The van der Waals surface area contributed by atoms with E-state index < -0.39 is 0 Å². The SMILES string of the molecule is Cl.Cl.NC1CC2CCCC(C1)C2NC(=O)c1ccc(N2CCOCC2)cc1. The maximum atomic E-state index is 12.7. The van der Waals surface area contributed by atoms with Crippen molar-refractivity contribution in [2.45, 2.75) is 44.2 Å². The summed E-state index contributed by atoms with van der Waals surface area (Å²) in [5, 5.41) is 3.33. The second kappa shape index (κ2) is 9.97. The van der Waals surface area contributed by atoms with Crippen molar-refractivity contribution in [1.29, 1.82) is 0 Å². The molecule has 5 nitrogen and oxygen atoms in total. The van der Waals surface area contributed by atoms with Crippen LogP contribution in [0.3, 0.4) is 0 Å². The van der Waals surface area contributed by atoms with Gasteiger partial charge in [0.2, 0.25) is 0 Å². The third-order valence-electron chi connectivity index (χ3n) is 6.18. The van der Waals surface area contributed by atoms with Gasteiger partial charge < -0.3 is 20.7 Å². The minimum atomic E-state index is 0. The van der Waals surface area contributed by atoms with E-state index in [2.05, 4.69) is 22.3 Å². The van der Waals surface area contributed by atoms with Crippen molar-refractivity contribution in [3.05, 3.63) is 29.8 Å². The molecule has 2 unspecified atom stereocenters. The van der Waals surface area contributed by atoms with Crippen molar-refractivity contribution in [1.82, 2.24) is 5.32 Å². The zero-order valence-electron chi connectivity index (χ0n) is 15.6. The lowest BCUT2D eigenvalue weighted by Gasteiger charge is -2.45. The molecule has 0 spiro atoms. The lowest BCUT2D eigenvalue weighted by Crippen LogP contribution is -2.53. The summed E-state index contributed by atoms with van der Waals surface area (Å²) >= 11 is 0. The van der Waals surface area contributed by atoms with Gasteiger partial charge >= 0.3 is 0 Å². The van der Waals surface area contributed by atoms with E-state index >= 15 is 0 Å². The molecule has 2 saturated carbocycles. The molecule has 3 aliphatic rings. The average molecular weight is 416 g/mol. The highest BCUT2D eigenvalue weighted by Crippen LogP contribution is 2.39. The topological polar surface area (TPSA) is 67.6 Å². The number of nitrogens with zero attached hydrogens (tertiary/aromatic N) is 1. The van der Waals surface area contributed by atoms with Crippen LogP contribution >= 0.6 is 24.8 Å². The van der Waals surface area contributed by atoms with Crippen LogP contribution in [0, 0.1) is 11.8 Å². The van der Waals surface area contributed by atoms with E-state index in [1.54, 1.807) is 0 Å². The number of hydrogen-bond acceptors (Lipinski definition) is 4. The van der Waals surface area contributed by atoms with Gasteiger partial charge in [-0.25, -0.2) is 0 Å². The summed E-state index contributed by atoms with van der Waals surface area (Å²) in [4.78, 5) is 15.0. The van der Waals surface area contributed by atoms with Gasteiger partial charge in [-0.05, 0) is 61.8 Å².